The quantitative estimate of drug-likeness (QED) is 0.502. The topological polar surface area (TPSA) is 117 Å². The Balaban J connectivity index is 2.35. The number of amides is 3. The predicted octanol–water partition coefficient (Wildman–Crippen LogP) is 3.34. The van der Waals surface area contributed by atoms with Crippen molar-refractivity contribution in [1.29, 1.82) is 0 Å². The van der Waals surface area contributed by atoms with Gasteiger partial charge in [0.1, 0.15) is 23.9 Å². The molecule has 0 heterocycles. The average molecular weight is 486 g/mol. The number of carbonyl (C=O) groups excluding carboxylic acids is 3. The normalized spacial score (nSPS) is 11.9. The van der Waals surface area contributed by atoms with Gasteiger partial charge in [0.2, 0.25) is 5.91 Å². The van der Waals surface area contributed by atoms with Crippen LogP contribution in [0.25, 0.3) is 0 Å². The molecular formula is C26H35N3O6. The van der Waals surface area contributed by atoms with E-state index in [0.717, 1.165) is 11.1 Å². The van der Waals surface area contributed by atoms with Crippen LogP contribution < -0.4 is 15.4 Å². The van der Waals surface area contributed by atoms with Gasteiger partial charge < -0.3 is 30.1 Å². The zero-order valence-corrected chi connectivity index (χ0v) is 21.2. The van der Waals surface area contributed by atoms with Gasteiger partial charge in [-0.15, -0.1) is 0 Å². The number of hydrogen-bond acceptors (Lipinski definition) is 6. The molecule has 3 amide bonds. The Morgan fingerprint density at radius 1 is 1.03 bits per heavy atom. The van der Waals surface area contributed by atoms with Crippen molar-refractivity contribution < 1.29 is 29.0 Å². The lowest BCUT2D eigenvalue weighted by molar-refractivity contribution is -0.138. The molecule has 0 radical (unpaired) electrons. The second-order valence-electron chi connectivity index (χ2n) is 9.21. The average Bonchev–Trinajstić information content (AvgIpc) is 2.76. The number of hydrogen-bond donors (Lipinski definition) is 3. The molecule has 1 atom stereocenters. The van der Waals surface area contributed by atoms with E-state index < -0.39 is 36.1 Å². The van der Waals surface area contributed by atoms with Crippen molar-refractivity contribution in [2.75, 3.05) is 32.1 Å². The molecule has 35 heavy (non-hydrogen) atoms. The number of benzene rings is 2. The van der Waals surface area contributed by atoms with Crippen LogP contribution in [0.2, 0.25) is 0 Å². The van der Waals surface area contributed by atoms with Gasteiger partial charge in [-0.1, -0.05) is 29.3 Å². The monoisotopic (exact) mass is 485 g/mol. The molecule has 9 nitrogen and oxygen atoms in total. The molecular weight excluding hydrogens is 450 g/mol. The number of methoxy groups -OCH3 is 1. The van der Waals surface area contributed by atoms with Gasteiger partial charge in [-0.05, 0) is 64.4 Å². The second-order valence-corrected chi connectivity index (χ2v) is 9.21. The van der Waals surface area contributed by atoms with Gasteiger partial charge in [-0.2, -0.15) is 0 Å². The van der Waals surface area contributed by atoms with E-state index in [9.17, 15) is 19.5 Å². The maximum absolute atomic E-state index is 13.5. The van der Waals surface area contributed by atoms with Gasteiger partial charge in [0, 0.05) is 12.2 Å². The number of nitrogens with zero attached hydrogens (tertiary/aromatic N) is 1. The largest absolute Gasteiger partial charge is 0.497 e. The highest BCUT2D eigenvalue weighted by Crippen LogP contribution is 2.26. The van der Waals surface area contributed by atoms with Crippen LogP contribution in [0, 0.1) is 13.8 Å². The fraction of sp³-hybridized carbons (Fsp3) is 0.423. The van der Waals surface area contributed by atoms with E-state index in [1.807, 2.05) is 32.0 Å². The van der Waals surface area contributed by atoms with E-state index in [4.69, 9.17) is 9.47 Å². The van der Waals surface area contributed by atoms with E-state index in [0.29, 0.717) is 17.0 Å². The van der Waals surface area contributed by atoms with Crippen LogP contribution in [-0.4, -0.2) is 60.3 Å². The van der Waals surface area contributed by atoms with Crippen molar-refractivity contribution in [3.05, 3.63) is 59.2 Å². The highest BCUT2D eigenvalue weighted by atomic mass is 16.6. The summed E-state index contributed by atoms with van der Waals surface area (Å²) in [7, 11) is 1.55. The Hall–Kier alpha value is -3.59. The summed E-state index contributed by atoms with van der Waals surface area (Å²) >= 11 is 0. The number of carbonyl (C=O) groups is 3. The van der Waals surface area contributed by atoms with Gasteiger partial charge in [0.15, 0.2) is 0 Å². The summed E-state index contributed by atoms with van der Waals surface area (Å²) < 4.78 is 10.3. The van der Waals surface area contributed by atoms with Crippen molar-refractivity contribution in [2.24, 2.45) is 0 Å². The van der Waals surface area contributed by atoms with E-state index in [2.05, 4.69) is 10.6 Å². The molecule has 1 unspecified atom stereocenters. The first-order valence-electron chi connectivity index (χ1n) is 11.3. The lowest BCUT2D eigenvalue weighted by Crippen LogP contribution is -2.47. The van der Waals surface area contributed by atoms with Crippen molar-refractivity contribution in [3.8, 4) is 5.75 Å². The molecule has 9 heteroatoms. The fourth-order valence-corrected chi connectivity index (χ4v) is 3.59. The SMILES string of the molecule is COc1ccc(NC(=O)C(c2cc(C)cc(C)c2)N(CCO)C(=O)CNC(=O)OC(C)(C)C)cc1. The number of nitrogens with one attached hydrogen (secondary N) is 2. The minimum Gasteiger partial charge on any atom is -0.497 e. The van der Waals surface area contributed by atoms with E-state index in [1.165, 1.54) is 4.90 Å². The Morgan fingerprint density at radius 2 is 1.63 bits per heavy atom. The summed E-state index contributed by atoms with van der Waals surface area (Å²) in [5, 5.41) is 15.0. The first kappa shape index (κ1) is 27.7. The standard InChI is InChI=1S/C26H35N3O6/c1-17-13-18(2)15-19(14-17)23(24(32)28-20-7-9-21(34-6)10-8-20)29(11-12-30)22(31)16-27-25(33)35-26(3,4)5/h7-10,13-15,23,30H,11-12,16H2,1-6H3,(H,27,33)(H,28,32). The van der Waals surface area contributed by atoms with Gasteiger partial charge in [0.25, 0.3) is 5.91 Å². The Kier molecular flexibility index (Phi) is 9.65. The molecule has 2 aromatic carbocycles. The molecule has 0 bridgehead atoms. The van der Waals surface area contributed by atoms with Crippen molar-refractivity contribution in [3.63, 3.8) is 0 Å². The number of aliphatic hydroxyl groups is 1. The Labute approximate surface area is 206 Å². The van der Waals surface area contributed by atoms with Gasteiger partial charge in [-0.25, -0.2) is 4.79 Å². The number of anilines is 1. The van der Waals surface area contributed by atoms with Crippen LogP contribution in [0.5, 0.6) is 5.75 Å². The summed E-state index contributed by atoms with van der Waals surface area (Å²) in [6.45, 7) is 8.07. The second kappa shape index (κ2) is 12.2. The molecule has 0 aliphatic rings. The van der Waals surface area contributed by atoms with Crippen LogP contribution in [0.1, 0.15) is 43.5 Å². The van der Waals surface area contributed by atoms with Crippen molar-refractivity contribution in [2.45, 2.75) is 46.3 Å². The van der Waals surface area contributed by atoms with Crippen LogP contribution in [0.3, 0.4) is 0 Å². The number of rotatable bonds is 9. The highest BCUT2D eigenvalue weighted by molar-refractivity contribution is 5.98. The molecule has 2 rings (SSSR count). The summed E-state index contributed by atoms with van der Waals surface area (Å²) in [6.07, 6.45) is -0.750. The maximum atomic E-state index is 13.5. The smallest absolute Gasteiger partial charge is 0.408 e. The van der Waals surface area contributed by atoms with Gasteiger partial charge in [0.05, 0.1) is 13.7 Å². The maximum Gasteiger partial charge on any atom is 0.408 e. The summed E-state index contributed by atoms with van der Waals surface area (Å²) in [4.78, 5) is 40.0. The first-order chi connectivity index (χ1) is 16.4. The molecule has 2 aromatic rings. The third-order valence-corrected chi connectivity index (χ3v) is 4.92. The number of aliphatic hydroxyl groups excluding tert-OH is 1. The third kappa shape index (κ3) is 8.60. The predicted molar refractivity (Wildman–Crippen MR) is 133 cm³/mol. The fourth-order valence-electron chi connectivity index (χ4n) is 3.59. The number of ether oxygens (including phenoxy) is 2. The van der Waals surface area contributed by atoms with E-state index in [-0.39, 0.29) is 13.2 Å². The minimum atomic E-state index is -1.05. The molecule has 0 spiro atoms. The molecule has 190 valence electrons. The highest BCUT2D eigenvalue weighted by Gasteiger charge is 2.32. The van der Waals surface area contributed by atoms with Crippen molar-refractivity contribution in [1.82, 2.24) is 10.2 Å². The van der Waals surface area contributed by atoms with Gasteiger partial charge >= 0.3 is 6.09 Å². The summed E-state index contributed by atoms with van der Waals surface area (Å²) in [6, 6.07) is 11.4. The zero-order valence-electron chi connectivity index (χ0n) is 21.2. The van der Waals surface area contributed by atoms with E-state index in [1.54, 1.807) is 52.1 Å². The molecule has 0 aliphatic heterocycles. The Morgan fingerprint density at radius 3 is 2.14 bits per heavy atom. The van der Waals surface area contributed by atoms with Crippen LogP contribution in [0.15, 0.2) is 42.5 Å². The van der Waals surface area contributed by atoms with Crippen LogP contribution in [0.4, 0.5) is 10.5 Å². The van der Waals surface area contributed by atoms with E-state index >= 15 is 0 Å². The number of alkyl carbamates (subject to hydrolysis) is 1. The minimum absolute atomic E-state index is 0.109. The summed E-state index contributed by atoms with van der Waals surface area (Å²) in [5.41, 5.74) is 2.23. The molecule has 0 saturated carbocycles. The summed E-state index contributed by atoms with van der Waals surface area (Å²) in [5.74, 6) is -0.364. The van der Waals surface area contributed by atoms with Crippen molar-refractivity contribution >= 4 is 23.6 Å². The van der Waals surface area contributed by atoms with Gasteiger partial charge in [-0.3, -0.25) is 9.59 Å². The molecule has 3 N–H and O–H groups in total. The Bertz CT molecular complexity index is 1010. The lowest BCUT2D eigenvalue weighted by Gasteiger charge is -2.31. The first-order valence-corrected chi connectivity index (χ1v) is 11.3. The molecule has 0 aromatic heterocycles. The molecule has 0 aliphatic carbocycles. The van der Waals surface area contributed by atoms with Crippen LogP contribution >= 0.6 is 0 Å². The van der Waals surface area contributed by atoms with Crippen LogP contribution in [-0.2, 0) is 14.3 Å². The number of aryl methyl sites for hydroxylation is 2. The molecule has 0 fully saturated rings. The zero-order chi connectivity index (χ0) is 26.2. The molecule has 0 saturated heterocycles. The third-order valence-electron chi connectivity index (χ3n) is 4.92. The lowest BCUT2D eigenvalue weighted by atomic mass is 9.99.